The van der Waals surface area contributed by atoms with Gasteiger partial charge in [-0.05, 0) is 50.7 Å². The fourth-order valence-corrected chi connectivity index (χ4v) is 11.1. The molecule has 620 valence electrons. The average molecular weight is 1590 g/mol. The number of aliphatic hydroxyl groups excluding tert-OH is 2. The van der Waals surface area contributed by atoms with Gasteiger partial charge in [0.15, 0.2) is 12.2 Å². The monoisotopic (exact) mass is 1590 g/mol. The molecule has 44 nitrogen and oxygen atoms in total. The molecular weight excluding hydrogens is 1490 g/mol. The van der Waals surface area contributed by atoms with Crippen molar-refractivity contribution in [2.75, 3.05) is 33.9 Å². The first-order chi connectivity index (χ1) is 52.6. The minimum Gasteiger partial charge on any atom is -0.481 e. The van der Waals surface area contributed by atoms with Crippen molar-refractivity contribution in [3.05, 3.63) is 36.0 Å². The van der Waals surface area contributed by atoms with Gasteiger partial charge in [0.25, 0.3) is 0 Å². The van der Waals surface area contributed by atoms with E-state index in [0.717, 1.165) is 60.1 Å². The molecular formula is C68H100N16O28. The molecule has 15 amide bonds. The Morgan fingerprint density at radius 2 is 1.21 bits per heavy atom. The number of hydrogen-bond donors (Lipinski definition) is 21. The molecule has 14 unspecified atom stereocenters. The van der Waals surface area contributed by atoms with Crippen LogP contribution in [0.2, 0.25) is 0 Å². The number of aliphatic carboxylic acids is 4. The van der Waals surface area contributed by atoms with Crippen LogP contribution in [0.4, 0.5) is 0 Å². The number of aromatic amines is 1. The fraction of sp³-hybridized carbons (Fsp3) is 0.588. The lowest BCUT2D eigenvalue weighted by Gasteiger charge is -2.32. The van der Waals surface area contributed by atoms with E-state index in [0.29, 0.717) is 34.2 Å². The Morgan fingerprint density at radius 3 is 1.79 bits per heavy atom. The highest BCUT2D eigenvalue weighted by molar-refractivity contribution is 6.02. The SMILES string of the molecule is CCCCCCCCCC(=O)NC(Cc1c[nH]c2ccccc12)C(=O)NC(CCC(=O)O)C(=O)NC(C(=O)NC1C(=O)N(C)CC(=O)NC(C)C(=O)NC(CC(=O)O)C(=O)NC(CO)C(=O)NC(C(OC)C(=O)O)C(=O)NCC(=O)NC(CC(N)=O)C(=O)NC(CCC(=O)O)C(=O)NC(C(C)C)C(=O)OC1C)C(O)C(N)=O. The summed E-state index contributed by atoms with van der Waals surface area (Å²) in [6.07, 6.45) is -5.78. The number of cyclic esters (lactones) is 1. The number of carbonyl (C=O) groups is 20. The number of nitrogens with zero attached hydrogens (tertiary/aromatic N) is 1. The van der Waals surface area contributed by atoms with Gasteiger partial charge >= 0.3 is 29.8 Å². The highest BCUT2D eigenvalue weighted by atomic mass is 16.5. The molecule has 2 aromatic rings. The largest absolute Gasteiger partial charge is 0.481 e. The summed E-state index contributed by atoms with van der Waals surface area (Å²) in [7, 11) is 1.62. The molecule has 1 saturated heterocycles. The lowest BCUT2D eigenvalue weighted by atomic mass is 10.0. The highest BCUT2D eigenvalue weighted by Gasteiger charge is 2.43. The normalized spacial score (nSPS) is 21.9. The summed E-state index contributed by atoms with van der Waals surface area (Å²) in [6, 6.07) is -16.4. The molecule has 1 aromatic carbocycles. The number of methoxy groups -OCH3 is 1. The summed E-state index contributed by atoms with van der Waals surface area (Å²) in [6.45, 7) is 2.71. The molecule has 0 bridgehead atoms. The van der Waals surface area contributed by atoms with E-state index < -0.39 is 267 Å². The van der Waals surface area contributed by atoms with Crippen LogP contribution < -0.4 is 75.3 Å². The molecule has 1 aliphatic rings. The number of nitrogens with one attached hydrogen (secondary N) is 13. The second kappa shape index (κ2) is 46.5. The number of rotatable bonds is 34. The van der Waals surface area contributed by atoms with Crippen LogP contribution in [0.25, 0.3) is 10.9 Å². The van der Waals surface area contributed by atoms with Crippen molar-refractivity contribution in [1.82, 2.24) is 73.7 Å². The number of esters is 1. The van der Waals surface area contributed by atoms with Crippen LogP contribution in [0.3, 0.4) is 0 Å². The van der Waals surface area contributed by atoms with Crippen LogP contribution >= 0.6 is 0 Å². The zero-order valence-corrected chi connectivity index (χ0v) is 62.5. The Kier molecular flexibility index (Phi) is 39.2. The van der Waals surface area contributed by atoms with Gasteiger partial charge in [-0.25, -0.2) is 9.59 Å². The number of aromatic nitrogens is 1. The second-order valence-electron chi connectivity index (χ2n) is 26.6. The van der Waals surface area contributed by atoms with Gasteiger partial charge in [0.2, 0.25) is 88.6 Å². The molecule has 112 heavy (non-hydrogen) atoms. The van der Waals surface area contributed by atoms with Gasteiger partial charge in [0, 0.05) is 56.9 Å². The Labute approximate surface area is 639 Å². The van der Waals surface area contributed by atoms with E-state index >= 15 is 0 Å². The van der Waals surface area contributed by atoms with E-state index in [2.05, 4.69) is 43.8 Å². The molecule has 1 fully saturated rings. The van der Waals surface area contributed by atoms with Gasteiger partial charge in [-0.3, -0.25) is 86.3 Å². The molecule has 1 aliphatic heterocycles. The molecule has 0 spiro atoms. The first-order valence-corrected chi connectivity index (χ1v) is 35.5. The van der Waals surface area contributed by atoms with Crippen LogP contribution in [-0.2, 0) is 112 Å². The van der Waals surface area contributed by atoms with Crippen molar-refractivity contribution in [3.63, 3.8) is 0 Å². The quantitative estimate of drug-likeness (QED) is 0.0229. The highest BCUT2D eigenvalue weighted by Crippen LogP contribution is 2.21. The smallest absolute Gasteiger partial charge is 0.335 e. The summed E-state index contributed by atoms with van der Waals surface area (Å²) in [5, 5.41) is 86.7. The first-order valence-electron chi connectivity index (χ1n) is 35.5. The molecule has 44 heteroatoms. The number of primary amides is 2. The predicted molar refractivity (Wildman–Crippen MR) is 383 cm³/mol. The molecule has 0 saturated carbocycles. The molecule has 1 aromatic heterocycles. The predicted octanol–water partition coefficient (Wildman–Crippen LogP) is -7.60. The van der Waals surface area contributed by atoms with E-state index in [1.165, 1.54) is 13.8 Å². The second-order valence-corrected chi connectivity index (χ2v) is 26.6. The maximum Gasteiger partial charge on any atom is 0.335 e. The van der Waals surface area contributed by atoms with E-state index in [1.54, 1.807) is 30.5 Å². The molecule has 0 aliphatic carbocycles. The summed E-state index contributed by atoms with van der Waals surface area (Å²) in [4.78, 5) is 274. The number of nitrogens with two attached hydrogens (primary N) is 2. The topological polar surface area (TPSA) is 697 Å². The third-order valence-corrected chi connectivity index (χ3v) is 17.3. The van der Waals surface area contributed by atoms with E-state index in [9.17, 15) is 127 Å². The molecule has 14 atom stereocenters. The average Bonchev–Trinajstić information content (AvgIpc) is 1.49. The number of H-pyrrole nitrogens is 1. The Balaban J connectivity index is 2.23. The van der Waals surface area contributed by atoms with Gasteiger partial charge in [0.05, 0.1) is 32.5 Å². The number of ether oxygens (including phenoxy) is 2. The van der Waals surface area contributed by atoms with E-state index in [-0.39, 0.29) is 12.8 Å². The van der Waals surface area contributed by atoms with Crippen LogP contribution in [0.15, 0.2) is 30.5 Å². The van der Waals surface area contributed by atoms with E-state index in [4.69, 9.17) is 20.9 Å². The number of carbonyl (C=O) groups excluding carboxylic acids is 16. The maximum absolute atomic E-state index is 14.9. The van der Waals surface area contributed by atoms with Gasteiger partial charge in [-0.2, -0.15) is 0 Å². The van der Waals surface area contributed by atoms with Crippen molar-refractivity contribution in [1.29, 1.82) is 0 Å². The Bertz CT molecular complexity index is 3760. The number of fused-ring (bicyclic) bond motifs is 1. The lowest BCUT2D eigenvalue weighted by Crippen LogP contribution is -2.64. The number of aliphatic hydroxyl groups is 2. The third-order valence-electron chi connectivity index (χ3n) is 17.3. The maximum atomic E-state index is 14.9. The summed E-state index contributed by atoms with van der Waals surface area (Å²) >= 11 is 0. The van der Waals surface area contributed by atoms with Gasteiger partial charge < -0.3 is 125 Å². The standard InChI is InChI=1S/C68H100N16O28/c1-8-9-10-11-12-13-14-19-44(87)74-39(24-34-27-71-36-18-16-15-17-35(34)36)60(101)76-38(21-23-48(92)93)59(100)82-52(54(96)56(70)97)65(106)81-51-33(5)112-68(110)50(31(2)3)80-58(99)37(20-22-47(90)91)77-61(102)40(25-43(69)86)75-45(88)28-72-64(105)53(55(111-7)67(108)109)83-63(104)42(30-85)79-62(103)41(26-49(94)95)78-57(98)32(4)73-46(89)29-84(6)66(51)107/h15-18,27,31-33,37-42,50-55,71,85,96H,8-14,19-26,28-30H2,1-7H3,(H2,69,86)(H2,70,97)(H,72,105)(H,73,89)(H,74,87)(H,75,88)(H,76,101)(H,77,102)(H,78,98)(H,79,103)(H,80,99)(H,81,106)(H,82,100)(H,83,104)(H,90,91)(H,92,93)(H,94,95)(H,108,109). The number of likely N-dealkylation sites (N-methyl/N-ethyl adjacent to an activating group) is 1. The Hall–Kier alpha value is -12.0. The number of carboxylic acid groups (broad SMARTS) is 4. The lowest BCUT2D eigenvalue weighted by molar-refractivity contribution is -0.159. The van der Waals surface area contributed by atoms with Crippen molar-refractivity contribution >= 4 is 129 Å². The van der Waals surface area contributed by atoms with Crippen molar-refractivity contribution in [2.45, 2.75) is 216 Å². The molecule has 23 N–H and O–H groups in total. The number of unbranched alkanes of at least 4 members (excludes halogenated alkanes) is 6. The van der Waals surface area contributed by atoms with Crippen LogP contribution in [0.5, 0.6) is 0 Å². The number of benzene rings is 1. The zero-order chi connectivity index (χ0) is 84.4. The Morgan fingerprint density at radius 1 is 0.634 bits per heavy atom. The fourth-order valence-electron chi connectivity index (χ4n) is 11.1. The minimum atomic E-state index is -2.81. The minimum absolute atomic E-state index is 0.0253. The van der Waals surface area contributed by atoms with Crippen molar-refractivity contribution in [2.24, 2.45) is 17.4 Å². The summed E-state index contributed by atoms with van der Waals surface area (Å²) in [5.74, 6) is -30.5. The number of para-hydroxylation sites is 1. The van der Waals surface area contributed by atoms with Gasteiger partial charge in [0.1, 0.15) is 72.6 Å². The van der Waals surface area contributed by atoms with E-state index in [1.807, 2.05) is 31.9 Å². The van der Waals surface area contributed by atoms with Crippen molar-refractivity contribution in [3.8, 4) is 0 Å². The molecule has 0 radical (unpaired) electrons. The van der Waals surface area contributed by atoms with Crippen LogP contribution in [0.1, 0.15) is 130 Å². The first kappa shape index (κ1) is 94.2. The van der Waals surface area contributed by atoms with Crippen molar-refractivity contribution < 1.29 is 136 Å². The van der Waals surface area contributed by atoms with Crippen LogP contribution in [-0.4, -0.2) is 278 Å². The van der Waals surface area contributed by atoms with Crippen LogP contribution in [0, 0.1) is 5.92 Å². The zero-order valence-electron chi connectivity index (χ0n) is 62.5. The number of amides is 15. The summed E-state index contributed by atoms with van der Waals surface area (Å²) < 4.78 is 10.5. The number of carboxylic acids is 4. The molecule has 3 rings (SSSR count). The third kappa shape index (κ3) is 31.2. The van der Waals surface area contributed by atoms with Gasteiger partial charge in [-0.15, -0.1) is 0 Å². The number of hydrogen-bond acceptors (Lipinski definition) is 24. The molecule has 2 heterocycles. The van der Waals surface area contributed by atoms with Gasteiger partial charge in [-0.1, -0.05) is 77.5 Å². The summed E-state index contributed by atoms with van der Waals surface area (Å²) in [5.41, 5.74) is 12.0.